The molecule has 8 aromatic heterocycles. The Bertz CT molecular complexity index is 7740. The highest BCUT2D eigenvalue weighted by molar-refractivity contribution is 6.20. The molecule has 516 valence electrons. The van der Waals surface area contributed by atoms with E-state index in [-0.39, 0.29) is 0 Å². The molecule has 0 amide bonds. The highest BCUT2D eigenvalue weighted by Crippen LogP contribution is 2.53. The number of nitrogens with zero attached hydrogens (tertiary/aromatic N) is 8. The minimum absolute atomic E-state index is 0.382. The monoisotopic (exact) mass is 1420 g/mol. The number of para-hydroxylation sites is 13. The summed E-state index contributed by atoms with van der Waals surface area (Å²) in [7, 11) is 0. The Morgan fingerprint density at radius 2 is 0.261 bits per heavy atom. The average molecular weight is 1420 g/mol. The molecule has 111 heavy (non-hydrogen) atoms. The molecule has 17 aromatic carbocycles. The van der Waals surface area contributed by atoms with Gasteiger partial charge in [0.25, 0.3) is 0 Å². The summed E-state index contributed by atoms with van der Waals surface area (Å²) in [5.41, 5.74) is 21.6. The SMILES string of the molecule is Fc1c(-n2c3ccccc3c3cc(-n4c5ccccc5c5ccccc54)ccc32)c(-n2c3ccccc3c3ccccc32)c(-n2c3ccccc3c3cc(-n4c5ccccc5c5ccccc54)ccc32)c(-n2c3ccccc3c3ccccc32)c1-n1c2ccccc2c2cc(-n3c4ccccc4c4ccccc43)ccc21. The lowest BCUT2D eigenvalue weighted by Gasteiger charge is -2.29. The Kier molecular flexibility index (Phi) is 12.2. The zero-order valence-corrected chi connectivity index (χ0v) is 59.7. The zero-order chi connectivity index (χ0) is 72.4. The van der Waals surface area contributed by atoms with Crippen molar-refractivity contribution in [3.05, 3.63) is 376 Å². The molecule has 25 rings (SSSR count). The Morgan fingerprint density at radius 1 is 0.126 bits per heavy atom. The van der Waals surface area contributed by atoms with Crippen molar-refractivity contribution in [1.82, 2.24) is 36.5 Å². The average Bonchev–Trinajstić information content (AvgIpc) is 1.51. The summed E-state index contributed by atoms with van der Waals surface area (Å²) in [6.45, 7) is 0. The van der Waals surface area contributed by atoms with E-state index in [0.717, 1.165) is 165 Å². The van der Waals surface area contributed by atoms with E-state index >= 15 is 4.39 Å². The van der Waals surface area contributed by atoms with Crippen molar-refractivity contribution in [2.75, 3.05) is 0 Å². The Hall–Kier alpha value is -14.9. The Labute approximate surface area is 632 Å². The van der Waals surface area contributed by atoms with Gasteiger partial charge in [0.05, 0.1) is 94.0 Å². The number of halogens is 1. The maximum Gasteiger partial charge on any atom is 0.175 e. The normalized spacial score (nSPS) is 12.4. The number of rotatable bonds is 8. The molecule has 9 heteroatoms. The first-order chi connectivity index (χ1) is 55.1. The minimum atomic E-state index is -0.412. The maximum atomic E-state index is 22.7. The van der Waals surface area contributed by atoms with Gasteiger partial charge in [-0.1, -0.05) is 237 Å². The van der Waals surface area contributed by atoms with Crippen LogP contribution in [0.25, 0.3) is 220 Å². The van der Waals surface area contributed by atoms with Crippen molar-refractivity contribution in [2.45, 2.75) is 0 Å². The van der Waals surface area contributed by atoms with Crippen molar-refractivity contribution >= 4 is 174 Å². The van der Waals surface area contributed by atoms with Crippen LogP contribution in [-0.4, -0.2) is 36.5 Å². The van der Waals surface area contributed by atoms with Gasteiger partial charge in [-0.3, -0.25) is 0 Å². The second-order valence-electron chi connectivity index (χ2n) is 29.6. The van der Waals surface area contributed by atoms with E-state index in [4.69, 9.17) is 0 Å². The van der Waals surface area contributed by atoms with Gasteiger partial charge in [-0.05, 0) is 133 Å². The molecule has 0 spiro atoms. The van der Waals surface area contributed by atoms with Gasteiger partial charge in [-0.2, -0.15) is 0 Å². The standard InChI is InChI=1S/C102H61FN8/c103-97-98(107-91-50-24-11-37-75(91)78-59-62(53-56-94(78)107)104-81-40-14-1-27-65(81)66-28-2-15-41-82(66)104)100(109-87-46-20-7-33-71(87)72-34-8-21-47-88(72)109)102(111-93-52-26-13-39-77(93)80-61-64(55-58-96(80)111)106-85-44-18-5-31-69(85)70-32-6-19-45-86(70)106)101(110-89-48-22-9-35-73(89)74-36-10-23-49-90(74)110)99(97)108-92-51-25-12-38-76(92)79-60-63(54-57-95(79)108)105-83-42-16-3-29-67(83)68-30-4-17-43-84(68)105/h1-61H. The first kappa shape index (κ1) is 60.2. The van der Waals surface area contributed by atoms with Crippen molar-refractivity contribution in [3.8, 4) is 45.5 Å². The van der Waals surface area contributed by atoms with Crippen LogP contribution in [0, 0.1) is 5.82 Å². The van der Waals surface area contributed by atoms with E-state index in [0.29, 0.717) is 22.7 Å². The van der Waals surface area contributed by atoms with Crippen LogP contribution in [0.5, 0.6) is 0 Å². The summed E-state index contributed by atoms with van der Waals surface area (Å²) in [6, 6.07) is 134. The Morgan fingerprint density at radius 3 is 0.450 bits per heavy atom. The lowest BCUT2D eigenvalue weighted by atomic mass is 10.1. The third kappa shape index (κ3) is 8.09. The molecule has 0 fully saturated rings. The van der Waals surface area contributed by atoms with Crippen molar-refractivity contribution < 1.29 is 4.39 Å². The fourth-order valence-corrected chi connectivity index (χ4v) is 19.7. The summed E-state index contributed by atoms with van der Waals surface area (Å²) < 4.78 is 41.8. The van der Waals surface area contributed by atoms with Gasteiger partial charge in [0, 0.05) is 103 Å². The quantitative estimate of drug-likeness (QED) is 0.145. The van der Waals surface area contributed by atoms with E-state index < -0.39 is 5.82 Å². The molecule has 0 radical (unpaired) electrons. The lowest BCUT2D eigenvalue weighted by molar-refractivity contribution is 0.611. The molecule has 0 aliphatic rings. The Balaban J connectivity index is 0.920. The van der Waals surface area contributed by atoms with Crippen LogP contribution in [0.3, 0.4) is 0 Å². The highest BCUT2D eigenvalue weighted by Gasteiger charge is 2.37. The summed E-state index contributed by atoms with van der Waals surface area (Å²) in [5.74, 6) is -0.412. The summed E-state index contributed by atoms with van der Waals surface area (Å²) >= 11 is 0. The second-order valence-corrected chi connectivity index (χ2v) is 29.6. The number of fused-ring (bicyclic) bond motifs is 24. The molecular formula is C102H61FN8. The molecular weight excluding hydrogens is 1360 g/mol. The first-order valence-electron chi connectivity index (χ1n) is 38.0. The number of aromatic nitrogens is 8. The van der Waals surface area contributed by atoms with Gasteiger partial charge < -0.3 is 36.5 Å². The van der Waals surface area contributed by atoms with Crippen LogP contribution in [0.1, 0.15) is 0 Å². The van der Waals surface area contributed by atoms with Gasteiger partial charge in [0.15, 0.2) is 5.82 Å². The number of benzene rings is 17. The van der Waals surface area contributed by atoms with Gasteiger partial charge in [0.1, 0.15) is 22.7 Å². The van der Waals surface area contributed by atoms with Gasteiger partial charge >= 0.3 is 0 Å². The topological polar surface area (TPSA) is 39.4 Å². The third-order valence-electron chi connectivity index (χ3n) is 24.1. The molecule has 8 heterocycles. The van der Waals surface area contributed by atoms with Crippen LogP contribution in [0.15, 0.2) is 370 Å². The van der Waals surface area contributed by atoms with E-state index in [2.05, 4.69) is 407 Å². The first-order valence-corrected chi connectivity index (χ1v) is 38.0. The molecule has 25 aromatic rings. The molecule has 0 N–H and O–H groups in total. The van der Waals surface area contributed by atoms with Crippen molar-refractivity contribution in [2.24, 2.45) is 0 Å². The zero-order valence-electron chi connectivity index (χ0n) is 59.7. The van der Waals surface area contributed by atoms with Gasteiger partial charge in [0.2, 0.25) is 0 Å². The maximum absolute atomic E-state index is 22.7. The van der Waals surface area contributed by atoms with E-state index in [1.165, 1.54) is 32.3 Å². The van der Waals surface area contributed by atoms with Crippen LogP contribution in [-0.2, 0) is 0 Å². The van der Waals surface area contributed by atoms with Crippen molar-refractivity contribution in [1.29, 1.82) is 0 Å². The molecule has 0 bridgehead atoms. The predicted molar refractivity (Wildman–Crippen MR) is 461 cm³/mol. The fraction of sp³-hybridized carbons (Fsp3) is 0. The molecule has 0 unspecified atom stereocenters. The van der Waals surface area contributed by atoms with Crippen LogP contribution in [0.2, 0.25) is 0 Å². The van der Waals surface area contributed by atoms with Crippen LogP contribution in [0.4, 0.5) is 4.39 Å². The second kappa shape index (κ2) is 22.6. The minimum Gasteiger partial charge on any atom is -0.309 e. The highest BCUT2D eigenvalue weighted by atomic mass is 19.1. The molecule has 0 saturated carbocycles. The van der Waals surface area contributed by atoms with Crippen LogP contribution < -0.4 is 0 Å². The predicted octanol–water partition coefficient (Wildman–Crippen LogP) is 26.6. The van der Waals surface area contributed by atoms with E-state index in [1.54, 1.807) is 0 Å². The summed E-state index contributed by atoms with van der Waals surface area (Å²) in [4.78, 5) is 0. The lowest BCUT2D eigenvalue weighted by Crippen LogP contribution is -2.19. The van der Waals surface area contributed by atoms with Gasteiger partial charge in [-0.25, -0.2) is 4.39 Å². The number of hydrogen-bond acceptors (Lipinski definition) is 0. The fourth-order valence-electron chi connectivity index (χ4n) is 19.7. The molecule has 0 atom stereocenters. The third-order valence-corrected chi connectivity index (χ3v) is 24.1. The summed E-state index contributed by atoms with van der Waals surface area (Å²) in [5, 5.41) is 17.3. The largest absolute Gasteiger partial charge is 0.309 e. The van der Waals surface area contributed by atoms with E-state index in [9.17, 15) is 0 Å². The van der Waals surface area contributed by atoms with Crippen molar-refractivity contribution in [3.63, 3.8) is 0 Å². The molecule has 0 saturated heterocycles. The molecule has 8 nitrogen and oxygen atoms in total. The van der Waals surface area contributed by atoms with Crippen LogP contribution >= 0.6 is 0 Å². The summed E-state index contributed by atoms with van der Waals surface area (Å²) in [6.07, 6.45) is 0. The van der Waals surface area contributed by atoms with Gasteiger partial charge in [-0.15, -0.1) is 0 Å². The molecule has 0 aliphatic heterocycles. The number of hydrogen-bond donors (Lipinski definition) is 0. The van der Waals surface area contributed by atoms with E-state index in [1.807, 2.05) is 0 Å². The smallest absolute Gasteiger partial charge is 0.175 e. The molecule has 0 aliphatic carbocycles.